The molecule has 1 saturated heterocycles. The molecule has 1 unspecified atom stereocenters. The molecule has 0 N–H and O–H groups in total. The lowest BCUT2D eigenvalue weighted by Gasteiger charge is -2.38. The first kappa shape index (κ1) is 17.5. The fourth-order valence-corrected chi connectivity index (χ4v) is 2.83. The Hall–Kier alpha value is -1.85. The highest BCUT2D eigenvalue weighted by Crippen LogP contribution is 2.32. The number of benzene rings is 1. The number of hydrogen-bond acceptors (Lipinski definition) is 2. The zero-order chi connectivity index (χ0) is 17.0. The van der Waals surface area contributed by atoms with Gasteiger partial charge in [0.05, 0.1) is 6.04 Å². The van der Waals surface area contributed by atoms with Crippen LogP contribution in [0, 0.1) is 17.5 Å². The van der Waals surface area contributed by atoms with Crippen LogP contribution in [0.4, 0.5) is 13.2 Å². The van der Waals surface area contributed by atoms with E-state index < -0.39 is 17.5 Å². The van der Waals surface area contributed by atoms with Gasteiger partial charge in [0.15, 0.2) is 17.5 Å². The third kappa shape index (κ3) is 3.92. The molecule has 0 saturated carbocycles. The maximum Gasteiger partial charge on any atom is 0.194 e. The Morgan fingerprint density at radius 3 is 2.13 bits per heavy atom. The first-order valence-corrected chi connectivity index (χ1v) is 7.50. The van der Waals surface area contributed by atoms with E-state index in [2.05, 4.69) is 23.0 Å². The van der Waals surface area contributed by atoms with Gasteiger partial charge >= 0.3 is 0 Å². The van der Waals surface area contributed by atoms with Crippen LogP contribution in [0.1, 0.15) is 11.6 Å². The standard InChI is InChI=1S/C18H21F3N2/c1-4-6-13(5-2)18(23-9-7-22(3)8-10-23)14-11-15(19)17(21)16(20)12-14/h4-6,11-12,18H,1-2,7-10H2,3H3/b13-6+. The Balaban J connectivity index is 2.47. The zero-order valence-corrected chi connectivity index (χ0v) is 13.2. The van der Waals surface area contributed by atoms with Gasteiger partial charge in [0.2, 0.25) is 0 Å². The maximum absolute atomic E-state index is 13.7. The monoisotopic (exact) mass is 322 g/mol. The van der Waals surface area contributed by atoms with Crippen molar-refractivity contribution in [3.05, 3.63) is 72.1 Å². The third-order valence-corrected chi connectivity index (χ3v) is 4.09. The topological polar surface area (TPSA) is 6.48 Å². The number of hydrogen-bond donors (Lipinski definition) is 0. The van der Waals surface area contributed by atoms with Crippen molar-refractivity contribution in [2.45, 2.75) is 6.04 Å². The van der Waals surface area contributed by atoms with E-state index in [1.54, 1.807) is 18.2 Å². The van der Waals surface area contributed by atoms with Gasteiger partial charge in [-0.25, -0.2) is 13.2 Å². The Labute approximate surface area is 135 Å². The summed E-state index contributed by atoms with van der Waals surface area (Å²) < 4.78 is 40.6. The quantitative estimate of drug-likeness (QED) is 0.602. The fraction of sp³-hybridized carbons (Fsp3) is 0.333. The molecule has 2 rings (SSSR count). The molecule has 0 aromatic heterocycles. The Morgan fingerprint density at radius 2 is 1.65 bits per heavy atom. The molecular formula is C18H21F3N2. The lowest BCUT2D eigenvalue weighted by molar-refractivity contribution is 0.126. The van der Waals surface area contributed by atoms with Crippen molar-refractivity contribution < 1.29 is 13.2 Å². The van der Waals surface area contributed by atoms with Gasteiger partial charge in [-0.2, -0.15) is 0 Å². The number of rotatable bonds is 5. The van der Waals surface area contributed by atoms with E-state index in [0.717, 1.165) is 43.9 Å². The normalized spacial score (nSPS) is 18.7. The van der Waals surface area contributed by atoms with E-state index >= 15 is 0 Å². The molecule has 1 heterocycles. The second kappa shape index (κ2) is 7.62. The molecule has 0 bridgehead atoms. The van der Waals surface area contributed by atoms with E-state index in [0.29, 0.717) is 5.56 Å². The number of allylic oxidation sites excluding steroid dienone is 2. The molecule has 1 atom stereocenters. The summed E-state index contributed by atoms with van der Waals surface area (Å²) in [6.07, 6.45) is 5.01. The van der Waals surface area contributed by atoms with Crippen LogP contribution in [0.3, 0.4) is 0 Å². The van der Waals surface area contributed by atoms with E-state index in [-0.39, 0.29) is 6.04 Å². The summed E-state index contributed by atoms with van der Waals surface area (Å²) in [6, 6.07) is 1.73. The maximum atomic E-state index is 13.7. The summed E-state index contributed by atoms with van der Waals surface area (Å²) in [5.41, 5.74) is 1.15. The van der Waals surface area contributed by atoms with Crippen molar-refractivity contribution >= 4 is 0 Å². The molecule has 1 aliphatic rings. The van der Waals surface area contributed by atoms with Gasteiger partial charge in [-0.3, -0.25) is 4.90 Å². The lowest BCUT2D eigenvalue weighted by Crippen LogP contribution is -2.46. The summed E-state index contributed by atoms with van der Waals surface area (Å²) in [5, 5.41) is 0. The van der Waals surface area contributed by atoms with Gasteiger partial charge < -0.3 is 4.90 Å². The van der Waals surface area contributed by atoms with Gasteiger partial charge in [-0.15, -0.1) is 0 Å². The molecule has 0 radical (unpaired) electrons. The van der Waals surface area contributed by atoms with E-state index in [1.165, 1.54) is 0 Å². The third-order valence-electron chi connectivity index (χ3n) is 4.09. The summed E-state index contributed by atoms with van der Waals surface area (Å²) in [4.78, 5) is 4.30. The van der Waals surface area contributed by atoms with Crippen molar-refractivity contribution in [1.29, 1.82) is 0 Å². The highest BCUT2D eigenvalue weighted by Gasteiger charge is 2.27. The van der Waals surface area contributed by atoms with Crippen molar-refractivity contribution in [2.75, 3.05) is 33.2 Å². The molecule has 5 heteroatoms. The molecule has 0 amide bonds. The largest absolute Gasteiger partial charge is 0.304 e. The second-order valence-corrected chi connectivity index (χ2v) is 5.65. The summed E-state index contributed by atoms with van der Waals surface area (Å²) in [7, 11) is 2.03. The summed E-state index contributed by atoms with van der Waals surface area (Å²) in [5.74, 6) is -3.80. The van der Waals surface area contributed by atoms with E-state index in [1.807, 2.05) is 7.05 Å². The van der Waals surface area contributed by atoms with Gasteiger partial charge in [0.25, 0.3) is 0 Å². The van der Waals surface area contributed by atoms with Crippen molar-refractivity contribution in [3.63, 3.8) is 0 Å². The Morgan fingerprint density at radius 1 is 1.09 bits per heavy atom. The molecule has 1 aliphatic heterocycles. The molecule has 124 valence electrons. The van der Waals surface area contributed by atoms with Crippen LogP contribution in [0.2, 0.25) is 0 Å². The minimum Gasteiger partial charge on any atom is -0.304 e. The molecular weight excluding hydrogens is 301 g/mol. The molecule has 1 aromatic carbocycles. The number of nitrogens with zero attached hydrogens (tertiary/aromatic N) is 2. The predicted molar refractivity (Wildman–Crippen MR) is 86.6 cm³/mol. The second-order valence-electron chi connectivity index (χ2n) is 5.65. The number of likely N-dealkylation sites (N-methyl/N-ethyl adjacent to an activating group) is 1. The van der Waals surface area contributed by atoms with Crippen molar-refractivity contribution in [2.24, 2.45) is 0 Å². The predicted octanol–water partition coefficient (Wildman–Crippen LogP) is 3.69. The lowest BCUT2D eigenvalue weighted by atomic mass is 9.95. The number of halogens is 3. The van der Waals surface area contributed by atoms with Crippen LogP contribution in [0.5, 0.6) is 0 Å². The average Bonchev–Trinajstić information content (AvgIpc) is 2.53. The van der Waals surface area contributed by atoms with Crippen LogP contribution in [0.15, 0.2) is 49.1 Å². The van der Waals surface area contributed by atoms with Gasteiger partial charge in [-0.1, -0.05) is 31.4 Å². The minimum atomic E-state index is -1.45. The van der Waals surface area contributed by atoms with E-state index in [4.69, 9.17) is 0 Å². The SMILES string of the molecule is C=C/C=C(\C=C)C(c1cc(F)c(F)c(F)c1)N1CCN(C)CC1. The van der Waals surface area contributed by atoms with Crippen LogP contribution in [-0.2, 0) is 0 Å². The van der Waals surface area contributed by atoms with Gasteiger partial charge in [0, 0.05) is 26.2 Å². The van der Waals surface area contributed by atoms with Gasteiger partial charge in [0.1, 0.15) is 0 Å². The first-order chi connectivity index (χ1) is 11.0. The smallest absolute Gasteiger partial charge is 0.194 e. The van der Waals surface area contributed by atoms with Crippen LogP contribution >= 0.6 is 0 Å². The molecule has 0 aliphatic carbocycles. The minimum absolute atomic E-state index is 0.374. The van der Waals surface area contributed by atoms with Gasteiger partial charge in [-0.05, 0) is 30.3 Å². The Bertz CT molecular complexity index is 594. The average molecular weight is 322 g/mol. The van der Waals surface area contributed by atoms with Crippen molar-refractivity contribution in [1.82, 2.24) is 9.80 Å². The zero-order valence-electron chi connectivity index (χ0n) is 13.2. The Kier molecular flexibility index (Phi) is 5.80. The van der Waals surface area contributed by atoms with Crippen LogP contribution in [0.25, 0.3) is 0 Å². The molecule has 23 heavy (non-hydrogen) atoms. The fourth-order valence-electron chi connectivity index (χ4n) is 2.83. The van der Waals surface area contributed by atoms with E-state index in [9.17, 15) is 13.2 Å². The summed E-state index contributed by atoms with van der Waals surface area (Å²) in [6.45, 7) is 10.6. The summed E-state index contributed by atoms with van der Waals surface area (Å²) >= 11 is 0. The first-order valence-electron chi connectivity index (χ1n) is 7.50. The van der Waals surface area contributed by atoms with Crippen LogP contribution in [-0.4, -0.2) is 43.0 Å². The molecule has 2 nitrogen and oxygen atoms in total. The van der Waals surface area contributed by atoms with Crippen LogP contribution < -0.4 is 0 Å². The molecule has 0 spiro atoms. The highest BCUT2D eigenvalue weighted by molar-refractivity contribution is 5.36. The molecule has 1 aromatic rings. The van der Waals surface area contributed by atoms with Crippen molar-refractivity contribution in [3.8, 4) is 0 Å². The highest BCUT2D eigenvalue weighted by atomic mass is 19.2. The number of piperazine rings is 1. The molecule has 1 fully saturated rings.